The van der Waals surface area contributed by atoms with Crippen LogP contribution in [-0.2, 0) is 0 Å². The number of fused-ring (bicyclic) bond motifs is 1. The summed E-state index contributed by atoms with van der Waals surface area (Å²) in [6.45, 7) is 4.22. The first-order valence-electron chi connectivity index (χ1n) is 12.6. The molecule has 192 valence electrons. The van der Waals surface area contributed by atoms with Crippen molar-refractivity contribution in [2.75, 3.05) is 55.8 Å². The largest absolute Gasteiger partial charge is 0.438 e. The Hall–Kier alpha value is -4.70. The third-order valence-electron chi connectivity index (χ3n) is 6.59. The first-order valence-corrected chi connectivity index (χ1v) is 12.6. The maximum atomic E-state index is 6.12. The second kappa shape index (κ2) is 10.3. The molecule has 6 rings (SSSR count). The van der Waals surface area contributed by atoms with E-state index in [9.17, 15) is 0 Å². The van der Waals surface area contributed by atoms with Gasteiger partial charge >= 0.3 is 0 Å². The number of imidazole rings is 1. The molecule has 3 N–H and O–H groups in total. The number of hydrogen-bond donors (Lipinski definition) is 3. The van der Waals surface area contributed by atoms with E-state index < -0.39 is 0 Å². The van der Waals surface area contributed by atoms with E-state index in [0.29, 0.717) is 23.5 Å². The van der Waals surface area contributed by atoms with Crippen LogP contribution in [0.4, 0.5) is 23.3 Å². The summed E-state index contributed by atoms with van der Waals surface area (Å²) in [5.41, 5.74) is 5.57. The lowest BCUT2D eigenvalue weighted by Crippen LogP contribution is -2.44. The number of anilines is 4. The molecule has 4 heterocycles. The van der Waals surface area contributed by atoms with Crippen LogP contribution in [0.5, 0.6) is 11.6 Å². The lowest BCUT2D eigenvalue weighted by molar-refractivity contribution is 0.313. The van der Waals surface area contributed by atoms with E-state index in [4.69, 9.17) is 9.72 Å². The number of likely N-dealkylation sites (N-methyl/N-ethyl adjacent to an activating group) is 1. The van der Waals surface area contributed by atoms with E-state index >= 15 is 0 Å². The number of piperazine rings is 1. The summed E-state index contributed by atoms with van der Waals surface area (Å²) in [5, 5.41) is 6.32. The van der Waals surface area contributed by atoms with Gasteiger partial charge in [-0.2, -0.15) is 0 Å². The van der Waals surface area contributed by atoms with Gasteiger partial charge in [0.1, 0.15) is 5.75 Å². The Morgan fingerprint density at radius 2 is 1.74 bits per heavy atom. The zero-order valence-corrected chi connectivity index (χ0v) is 21.3. The van der Waals surface area contributed by atoms with Crippen molar-refractivity contribution in [1.82, 2.24) is 29.8 Å². The summed E-state index contributed by atoms with van der Waals surface area (Å²) in [7, 11) is 3.95. The second-order valence-corrected chi connectivity index (χ2v) is 9.20. The van der Waals surface area contributed by atoms with Crippen molar-refractivity contribution in [2.45, 2.75) is 0 Å². The zero-order chi connectivity index (χ0) is 25.9. The molecular weight excluding hydrogens is 478 g/mol. The lowest BCUT2D eigenvalue weighted by Gasteiger charge is -2.34. The van der Waals surface area contributed by atoms with Gasteiger partial charge in [0.2, 0.25) is 17.8 Å². The highest BCUT2D eigenvalue weighted by Gasteiger charge is 2.15. The lowest BCUT2D eigenvalue weighted by atomic mass is 10.2. The first kappa shape index (κ1) is 23.7. The quantitative estimate of drug-likeness (QED) is 0.288. The van der Waals surface area contributed by atoms with Gasteiger partial charge in [-0.05, 0) is 67.7 Å². The highest BCUT2D eigenvalue weighted by molar-refractivity contribution is 5.82. The summed E-state index contributed by atoms with van der Waals surface area (Å²) >= 11 is 0. The summed E-state index contributed by atoms with van der Waals surface area (Å²) in [4.78, 5) is 26.0. The molecular formula is C28H29N9O. The van der Waals surface area contributed by atoms with Crippen LogP contribution in [0.3, 0.4) is 0 Å². The van der Waals surface area contributed by atoms with E-state index in [0.717, 1.165) is 54.2 Å². The van der Waals surface area contributed by atoms with Crippen LogP contribution in [0.1, 0.15) is 0 Å². The molecule has 0 spiro atoms. The van der Waals surface area contributed by atoms with Crippen LogP contribution in [0.2, 0.25) is 0 Å². The van der Waals surface area contributed by atoms with Gasteiger partial charge in [0.15, 0.2) is 0 Å². The van der Waals surface area contributed by atoms with Gasteiger partial charge in [-0.15, -0.1) is 0 Å². The number of benzene rings is 2. The third-order valence-corrected chi connectivity index (χ3v) is 6.59. The zero-order valence-electron chi connectivity index (χ0n) is 21.3. The fourth-order valence-corrected chi connectivity index (χ4v) is 4.47. The minimum Gasteiger partial charge on any atom is -0.438 e. The number of rotatable bonds is 7. The van der Waals surface area contributed by atoms with E-state index in [1.54, 1.807) is 19.4 Å². The van der Waals surface area contributed by atoms with Crippen molar-refractivity contribution >= 4 is 34.3 Å². The number of aromatic amines is 1. The molecule has 1 aliphatic heterocycles. The predicted octanol–water partition coefficient (Wildman–Crippen LogP) is 4.74. The van der Waals surface area contributed by atoms with Gasteiger partial charge in [-0.3, -0.25) is 0 Å². The number of nitrogens with zero attached hydrogens (tertiary/aromatic N) is 6. The summed E-state index contributed by atoms with van der Waals surface area (Å²) in [5.74, 6) is 2.37. The standard InChI is InChI=1S/C28H29N9O/c1-29-27-31-13-11-23(33-27)22-4-3-12-30-26(22)38-21-8-5-19(6-9-21)32-28-34-24-10-7-20(18-25(24)35-28)37-16-14-36(2)15-17-37/h3-13,18H,14-17H2,1-2H3,(H,29,31,33)(H2,32,34,35). The fourth-order valence-electron chi connectivity index (χ4n) is 4.47. The molecule has 0 unspecified atom stereocenters. The average Bonchev–Trinajstić information content (AvgIpc) is 3.36. The molecule has 0 amide bonds. The summed E-state index contributed by atoms with van der Waals surface area (Å²) < 4.78 is 6.12. The Morgan fingerprint density at radius 1 is 0.895 bits per heavy atom. The van der Waals surface area contributed by atoms with Gasteiger partial charge in [-0.25, -0.2) is 19.9 Å². The van der Waals surface area contributed by atoms with Gasteiger partial charge in [0, 0.05) is 57.0 Å². The average molecular weight is 508 g/mol. The van der Waals surface area contributed by atoms with Gasteiger partial charge in [0.05, 0.1) is 22.3 Å². The highest BCUT2D eigenvalue weighted by atomic mass is 16.5. The van der Waals surface area contributed by atoms with Crippen molar-refractivity contribution in [2.24, 2.45) is 0 Å². The van der Waals surface area contributed by atoms with Crippen molar-refractivity contribution in [3.63, 3.8) is 0 Å². The topological polar surface area (TPSA) is 107 Å². The van der Waals surface area contributed by atoms with Crippen LogP contribution in [-0.4, -0.2) is 70.1 Å². The molecule has 0 radical (unpaired) electrons. The molecule has 2 aromatic carbocycles. The highest BCUT2D eigenvalue weighted by Crippen LogP contribution is 2.31. The van der Waals surface area contributed by atoms with E-state index in [1.165, 1.54) is 5.69 Å². The monoisotopic (exact) mass is 507 g/mol. The maximum absolute atomic E-state index is 6.12. The molecule has 1 aliphatic rings. The number of aromatic nitrogens is 5. The van der Waals surface area contributed by atoms with Crippen LogP contribution >= 0.6 is 0 Å². The number of hydrogen-bond acceptors (Lipinski definition) is 9. The molecule has 0 bridgehead atoms. The van der Waals surface area contributed by atoms with E-state index in [-0.39, 0.29) is 0 Å². The summed E-state index contributed by atoms with van der Waals surface area (Å²) in [6.07, 6.45) is 3.41. The number of nitrogens with one attached hydrogen (secondary N) is 3. The maximum Gasteiger partial charge on any atom is 0.228 e. The van der Waals surface area contributed by atoms with Crippen LogP contribution in [0.15, 0.2) is 73.1 Å². The van der Waals surface area contributed by atoms with Crippen LogP contribution < -0.4 is 20.3 Å². The third kappa shape index (κ3) is 5.07. The van der Waals surface area contributed by atoms with Crippen molar-refractivity contribution in [3.8, 4) is 22.9 Å². The summed E-state index contributed by atoms with van der Waals surface area (Å²) in [6, 6.07) is 19.7. The van der Waals surface area contributed by atoms with E-state index in [2.05, 4.69) is 65.6 Å². The minimum atomic E-state index is 0.474. The molecule has 5 aromatic rings. The molecule has 0 aliphatic carbocycles. The Morgan fingerprint density at radius 3 is 2.55 bits per heavy atom. The SMILES string of the molecule is CNc1nccc(-c2cccnc2Oc2ccc(Nc3nc4ccc(N5CCN(C)CC5)cc4[nH]3)cc2)n1. The molecule has 1 saturated heterocycles. The van der Waals surface area contributed by atoms with Crippen molar-refractivity contribution < 1.29 is 4.74 Å². The molecule has 10 heteroatoms. The smallest absolute Gasteiger partial charge is 0.228 e. The molecule has 3 aromatic heterocycles. The van der Waals surface area contributed by atoms with Gasteiger partial charge < -0.3 is 30.2 Å². The Balaban J connectivity index is 1.16. The molecule has 10 nitrogen and oxygen atoms in total. The Labute approximate surface area is 220 Å². The molecule has 1 fully saturated rings. The first-order chi connectivity index (χ1) is 18.6. The normalized spacial score (nSPS) is 14.0. The predicted molar refractivity (Wildman–Crippen MR) is 150 cm³/mol. The van der Waals surface area contributed by atoms with Crippen LogP contribution in [0, 0.1) is 0 Å². The van der Waals surface area contributed by atoms with Gasteiger partial charge in [-0.1, -0.05) is 0 Å². The van der Waals surface area contributed by atoms with E-state index in [1.807, 2.05) is 42.5 Å². The Kier molecular flexibility index (Phi) is 6.45. The molecule has 0 atom stereocenters. The number of ether oxygens (including phenoxy) is 1. The molecule has 0 saturated carbocycles. The number of H-pyrrole nitrogens is 1. The van der Waals surface area contributed by atoms with Crippen molar-refractivity contribution in [1.29, 1.82) is 0 Å². The van der Waals surface area contributed by atoms with Crippen molar-refractivity contribution in [3.05, 3.63) is 73.1 Å². The Bertz CT molecular complexity index is 1540. The second-order valence-electron chi connectivity index (χ2n) is 9.20. The van der Waals surface area contributed by atoms with Crippen LogP contribution in [0.25, 0.3) is 22.3 Å². The fraction of sp³-hybridized carbons (Fsp3) is 0.214. The minimum absolute atomic E-state index is 0.474. The molecule has 38 heavy (non-hydrogen) atoms. The van der Waals surface area contributed by atoms with Gasteiger partial charge in [0.25, 0.3) is 0 Å². The number of pyridine rings is 1.